The Balaban J connectivity index is 1.63. The highest BCUT2D eigenvalue weighted by atomic mass is 16.4. The number of aryl methyl sites for hydroxylation is 1. The van der Waals surface area contributed by atoms with E-state index in [1.54, 1.807) is 30.5 Å². The molecular weight excluding hydrogens is 366 g/mol. The van der Waals surface area contributed by atoms with E-state index >= 15 is 0 Å². The average Bonchev–Trinajstić information content (AvgIpc) is 3.37. The maximum Gasteiger partial charge on any atom is 0.335 e. The summed E-state index contributed by atoms with van der Waals surface area (Å²) in [6.45, 7) is 3.99. The summed E-state index contributed by atoms with van der Waals surface area (Å²) in [4.78, 5) is 13.3. The van der Waals surface area contributed by atoms with E-state index in [1.165, 1.54) is 12.8 Å². The number of carboxylic acids is 1. The fourth-order valence-electron chi connectivity index (χ4n) is 3.52. The molecule has 148 valence electrons. The van der Waals surface area contributed by atoms with Crippen molar-refractivity contribution in [1.82, 2.24) is 9.78 Å². The number of para-hydroxylation sites is 1. The number of anilines is 2. The Hall–Kier alpha value is -3.61. The first-order valence-corrected chi connectivity index (χ1v) is 9.66. The normalized spacial score (nSPS) is 13.9. The zero-order valence-corrected chi connectivity index (χ0v) is 16.2. The van der Waals surface area contributed by atoms with Crippen LogP contribution in [0.1, 0.15) is 34.5 Å². The topological polar surface area (TPSA) is 82.8 Å². The molecule has 2 N–H and O–H groups in total. The summed E-state index contributed by atoms with van der Waals surface area (Å²) in [5.41, 5.74) is 6.85. The third-order valence-electron chi connectivity index (χ3n) is 5.01. The first-order chi connectivity index (χ1) is 14.1. The van der Waals surface area contributed by atoms with Gasteiger partial charge in [-0.25, -0.2) is 9.48 Å². The molecule has 0 amide bonds. The second kappa shape index (κ2) is 8.18. The van der Waals surface area contributed by atoms with Crippen molar-refractivity contribution < 1.29 is 9.90 Å². The van der Waals surface area contributed by atoms with Crippen molar-refractivity contribution >= 4 is 23.7 Å². The van der Waals surface area contributed by atoms with Gasteiger partial charge >= 0.3 is 5.97 Å². The van der Waals surface area contributed by atoms with Gasteiger partial charge in [0.1, 0.15) is 5.82 Å². The van der Waals surface area contributed by atoms with E-state index in [2.05, 4.69) is 27.6 Å². The average molecular weight is 389 g/mol. The summed E-state index contributed by atoms with van der Waals surface area (Å²) in [7, 11) is 0. The molecule has 1 aliphatic rings. The van der Waals surface area contributed by atoms with Gasteiger partial charge in [-0.15, -0.1) is 0 Å². The van der Waals surface area contributed by atoms with E-state index in [0.717, 1.165) is 41.5 Å². The van der Waals surface area contributed by atoms with Crippen LogP contribution in [0.25, 0.3) is 5.69 Å². The minimum atomic E-state index is -0.945. The third kappa shape index (κ3) is 3.99. The van der Waals surface area contributed by atoms with Crippen LogP contribution in [0.5, 0.6) is 0 Å². The number of hydrazone groups is 1. The van der Waals surface area contributed by atoms with Gasteiger partial charge < -0.3 is 10.0 Å². The number of hydrogen-bond donors (Lipinski definition) is 2. The van der Waals surface area contributed by atoms with E-state index in [1.807, 2.05) is 29.8 Å². The molecule has 0 radical (unpaired) electrons. The fourth-order valence-corrected chi connectivity index (χ4v) is 3.52. The van der Waals surface area contributed by atoms with Gasteiger partial charge in [-0.1, -0.05) is 18.2 Å². The van der Waals surface area contributed by atoms with Crippen LogP contribution in [0.15, 0.2) is 59.7 Å². The van der Waals surface area contributed by atoms with E-state index in [0.29, 0.717) is 0 Å². The molecule has 2 aromatic carbocycles. The molecule has 0 aliphatic carbocycles. The first-order valence-electron chi connectivity index (χ1n) is 9.66. The van der Waals surface area contributed by atoms with Crippen molar-refractivity contribution in [3.63, 3.8) is 0 Å². The van der Waals surface area contributed by atoms with Gasteiger partial charge in [0, 0.05) is 13.1 Å². The fraction of sp³-hybridized carbons (Fsp3) is 0.227. The van der Waals surface area contributed by atoms with Crippen LogP contribution in [0.4, 0.5) is 11.5 Å². The Morgan fingerprint density at radius 3 is 2.45 bits per heavy atom. The van der Waals surface area contributed by atoms with E-state index < -0.39 is 5.97 Å². The van der Waals surface area contributed by atoms with Crippen molar-refractivity contribution in [2.75, 3.05) is 23.4 Å². The van der Waals surface area contributed by atoms with E-state index in [4.69, 9.17) is 10.2 Å². The lowest BCUT2D eigenvalue weighted by Gasteiger charge is -2.20. The number of aromatic nitrogens is 2. The number of carbonyl (C=O) groups is 1. The lowest BCUT2D eigenvalue weighted by Crippen LogP contribution is -2.22. The van der Waals surface area contributed by atoms with Gasteiger partial charge in [0.05, 0.1) is 34.4 Å². The summed E-state index contributed by atoms with van der Waals surface area (Å²) in [6, 6.07) is 16.6. The van der Waals surface area contributed by atoms with Crippen molar-refractivity contribution in [2.24, 2.45) is 5.10 Å². The van der Waals surface area contributed by atoms with Gasteiger partial charge in [-0.2, -0.15) is 10.2 Å². The van der Waals surface area contributed by atoms with E-state index in [9.17, 15) is 4.79 Å². The SMILES string of the molecule is Cc1nn(-c2ccccc2)c(N2CCCC2)c1C=NNc1ccc(C(=O)O)cc1. The molecule has 0 saturated carbocycles. The quantitative estimate of drug-likeness (QED) is 0.493. The second-order valence-corrected chi connectivity index (χ2v) is 7.02. The zero-order chi connectivity index (χ0) is 20.2. The predicted octanol–water partition coefficient (Wildman–Crippen LogP) is 3.93. The molecule has 0 spiro atoms. The molecule has 7 heteroatoms. The molecule has 7 nitrogen and oxygen atoms in total. The van der Waals surface area contributed by atoms with Crippen LogP contribution in [0.3, 0.4) is 0 Å². The van der Waals surface area contributed by atoms with Crippen LogP contribution in [-0.2, 0) is 0 Å². The molecule has 1 saturated heterocycles. The Bertz CT molecular complexity index is 1020. The molecule has 2 heterocycles. The summed E-state index contributed by atoms with van der Waals surface area (Å²) in [5.74, 6) is 0.109. The monoisotopic (exact) mass is 389 g/mol. The van der Waals surface area contributed by atoms with Gasteiger partial charge in [0.25, 0.3) is 0 Å². The number of nitrogens with zero attached hydrogens (tertiary/aromatic N) is 4. The third-order valence-corrected chi connectivity index (χ3v) is 5.01. The molecule has 4 rings (SSSR count). The molecule has 1 aromatic heterocycles. The number of rotatable bonds is 6. The molecule has 3 aromatic rings. The second-order valence-electron chi connectivity index (χ2n) is 7.02. The smallest absolute Gasteiger partial charge is 0.335 e. The van der Waals surface area contributed by atoms with Gasteiger partial charge in [-0.3, -0.25) is 5.43 Å². The lowest BCUT2D eigenvalue weighted by atomic mass is 10.2. The van der Waals surface area contributed by atoms with Gasteiger partial charge in [0.2, 0.25) is 0 Å². The highest BCUT2D eigenvalue weighted by Gasteiger charge is 2.23. The molecule has 1 aliphatic heterocycles. The molecule has 0 bridgehead atoms. The standard InChI is InChI=1S/C22H23N5O2/c1-16-20(15-23-24-18-11-9-17(10-12-18)22(28)29)21(26-13-5-6-14-26)27(25-16)19-7-3-2-4-8-19/h2-4,7-12,15,24H,5-6,13-14H2,1H3,(H,28,29). The minimum absolute atomic E-state index is 0.246. The van der Waals surface area contributed by atoms with Gasteiger partial charge in [0.15, 0.2) is 0 Å². The van der Waals surface area contributed by atoms with Crippen LogP contribution < -0.4 is 10.3 Å². The summed E-state index contributed by atoms with van der Waals surface area (Å²) >= 11 is 0. The Morgan fingerprint density at radius 1 is 1.10 bits per heavy atom. The van der Waals surface area contributed by atoms with Crippen LogP contribution in [-0.4, -0.2) is 40.2 Å². The summed E-state index contributed by atoms with van der Waals surface area (Å²) in [5, 5.41) is 18.2. The molecule has 29 heavy (non-hydrogen) atoms. The Kier molecular flexibility index (Phi) is 5.29. The van der Waals surface area contributed by atoms with Crippen molar-refractivity contribution in [1.29, 1.82) is 0 Å². The van der Waals surface area contributed by atoms with Crippen molar-refractivity contribution in [3.8, 4) is 5.69 Å². The number of benzene rings is 2. The highest BCUT2D eigenvalue weighted by Crippen LogP contribution is 2.29. The van der Waals surface area contributed by atoms with Crippen LogP contribution in [0.2, 0.25) is 0 Å². The molecule has 1 fully saturated rings. The molecule has 0 atom stereocenters. The van der Waals surface area contributed by atoms with Crippen molar-refractivity contribution in [3.05, 3.63) is 71.4 Å². The zero-order valence-electron chi connectivity index (χ0n) is 16.2. The van der Waals surface area contributed by atoms with Crippen LogP contribution >= 0.6 is 0 Å². The van der Waals surface area contributed by atoms with Crippen LogP contribution in [0, 0.1) is 6.92 Å². The van der Waals surface area contributed by atoms with Gasteiger partial charge in [-0.05, 0) is 56.2 Å². The minimum Gasteiger partial charge on any atom is -0.478 e. The maximum absolute atomic E-state index is 11.0. The number of carboxylic acid groups (broad SMARTS) is 1. The predicted molar refractivity (Wildman–Crippen MR) is 114 cm³/mol. The maximum atomic E-state index is 11.0. The highest BCUT2D eigenvalue weighted by molar-refractivity contribution is 5.90. The first kappa shape index (κ1) is 18.7. The molecule has 0 unspecified atom stereocenters. The number of aromatic carboxylic acids is 1. The van der Waals surface area contributed by atoms with E-state index in [-0.39, 0.29) is 5.56 Å². The number of nitrogens with one attached hydrogen (secondary N) is 1. The number of hydrogen-bond acceptors (Lipinski definition) is 5. The summed E-state index contributed by atoms with van der Waals surface area (Å²) in [6.07, 6.45) is 4.13. The van der Waals surface area contributed by atoms with Crippen molar-refractivity contribution in [2.45, 2.75) is 19.8 Å². The lowest BCUT2D eigenvalue weighted by molar-refractivity contribution is 0.0697. The molecular formula is C22H23N5O2. The summed E-state index contributed by atoms with van der Waals surface area (Å²) < 4.78 is 1.99. The Morgan fingerprint density at radius 2 is 1.79 bits per heavy atom. The Labute approximate surface area is 169 Å². The largest absolute Gasteiger partial charge is 0.478 e.